The minimum Gasteiger partial charge on any atom is -0.376 e. The van der Waals surface area contributed by atoms with Crippen LogP contribution < -0.4 is 11.1 Å². The number of rotatable bonds is 7. The Hall–Kier alpha value is -0.610. The van der Waals surface area contributed by atoms with Crippen LogP contribution in [0.25, 0.3) is 0 Å². The molecule has 19 heavy (non-hydrogen) atoms. The van der Waals surface area contributed by atoms with Crippen LogP contribution in [0, 0.1) is 11.3 Å². The predicted molar refractivity (Wildman–Crippen MR) is 75.7 cm³/mol. The van der Waals surface area contributed by atoms with Crippen LogP contribution in [-0.2, 0) is 9.53 Å². The van der Waals surface area contributed by atoms with Crippen LogP contribution in [0.5, 0.6) is 0 Å². The van der Waals surface area contributed by atoms with Gasteiger partial charge in [0.05, 0.1) is 12.1 Å². The van der Waals surface area contributed by atoms with Gasteiger partial charge in [0.25, 0.3) is 0 Å². The maximum Gasteiger partial charge on any atom is 0.220 e. The highest BCUT2D eigenvalue weighted by Crippen LogP contribution is 2.38. The summed E-state index contributed by atoms with van der Waals surface area (Å²) in [6.45, 7) is 5.84. The monoisotopic (exact) mass is 268 g/mol. The van der Waals surface area contributed by atoms with Crippen molar-refractivity contribution in [1.29, 1.82) is 0 Å². The summed E-state index contributed by atoms with van der Waals surface area (Å²) in [4.78, 5) is 12.0. The topological polar surface area (TPSA) is 64.4 Å². The molecule has 1 aliphatic carbocycles. The molecule has 2 rings (SSSR count). The van der Waals surface area contributed by atoms with E-state index in [1.807, 2.05) is 0 Å². The first-order valence-electron chi connectivity index (χ1n) is 7.63. The molecular weight excluding hydrogens is 240 g/mol. The van der Waals surface area contributed by atoms with Crippen molar-refractivity contribution in [3.8, 4) is 0 Å². The summed E-state index contributed by atoms with van der Waals surface area (Å²) in [6, 6.07) is 0.248. The molecule has 0 aromatic rings. The van der Waals surface area contributed by atoms with Crippen LogP contribution >= 0.6 is 0 Å². The molecule has 1 saturated carbocycles. The van der Waals surface area contributed by atoms with Crippen molar-refractivity contribution in [1.82, 2.24) is 5.32 Å². The minimum absolute atomic E-state index is 0.161. The summed E-state index contributed by atoms with van der Waals surface area (Å²) in [6.07, 6.45) is 6.25. The second kappa shape index (κ2) is 6.23. The van der Waals surface area contributed by atoms with Gasteiger partial charge < -0.3 is 15.8 Å². The summed E-state index contributed by atoms with van der Waals surface area (Å²) >= 11 is 0. The Morgan fingerprint density at radius 3 is 2.68 bits per heavy atom. The van der Waals surface area contributed by atoms with Crippen molar-refractivity contribution in [2.24, 2.45) is 17.1 Å². The lowest BCUT2D eigenvalue weighted by Crippen LogP contribution is -2.41. The zero-order chi connectivity index (χ0) is 13.9. The second-order valence-electron chi connectivity index (χ2n) is 6.84. The average molecular weight is 268 g/mol. The van der Waals surface area contributed by atoms with Gasteiger partial charge in [-0.25, -0.2) is 0 Å². The first-order chi connectivity index (χ1) is 9.02. The lowest BCUT2D eigenvalue weighted by molar-refractivity contribution is -0.122. The van der Waals surface area contributed by atoms with Gasteiger partial charge in [-0.15, -0.1) is 0 Å². The van der Waals surface area contributed by atoms with Gasteiger partial charge in [0.15, 0.2) is 0 Å². The third-order valence-electron chi connectivity index (χ3n) is 4.42. The van der Waals surface area contributed by atoms with Crippen LogP contribution in [0.15, 0.2) is 0 Å². The van der Waals surface area contributed by atoms with Crippen molar-refractivity contribution in [3.63, 3.8) is 0 Å². The standard InChI is InChI=1S/C15H28N2O2/c1-15(2,8-9-16)7-5-13(18)17-12-6-10-19-14(12)11-3-4-11/h11-12,14H,3-10,16H2,1-2H3,(H,17,18). The molecule has 0 radical (unpaired) electrons. The molecule has 2 atom stereocenters. The van der Waals surface area contributed by atoms with E-state index in [0.717, 1.165) is 25.9 Å². The number of nitrogens with one attached hydrogen (secondary N) is 1. The van der Waals surface area contributed by atoms with E-state index in [9.17, 15) is 4.79 Å². The van der Waals surface area contributed by atoms with E-state index < -0.39 is 0 Å². The van der Waals surface area contributed by atoms with Gasteiger partial charge >= 0.3 is 0 Å². The van der Waals surface area contributed by atoms with Gasteiger partial charge in [-0.05, 0) is 50.0 Å². The fraction of sp³-hybridized carbons (Fsp3) is 0.933. The molecule has 1 amide bonds. The zero-order valence-electron chi connectivity index (χ0n) is 12.3. The first-order valence-corrected chi connectivity index (χ1v) is 7.63. The van der Waals surface area contributed by atoms with E-state index in [2.05, 4.69) is 19.2 Å². The van der Waals surface area contributed by atoms with Crippen molar-refractivity contribution in [2.45, 2.75) is 64.5 Å². The number of nitrogens with two attached hydrogens (primary N) is 1. The Labute approximate surface area is 116 Å². The molecule has 3 N–H and O–H groups in total. The molecule has 0 bridgehead atoms. The summed E-state index contributed by atoms with van der Waals surface area (Å²) < 4.78 is 5.74. The Morgan fingerprint density at radius 2 is 2.05 bits per heavy atom. The predicted octanol–water partition coefficient (Wildman–Crippen LogP) is 1.83. The van der Waals surface area contributed by atoms with Gasteiger partial charge in [-0.1, -0.05) is 13.8 Å². The average Bonchev–Trinajstić information content (AvgIpc) is 3.08. The number of ether oxygens (including phenoxy) is 1. The van der Waals surface area contributed by atoms with Crippen LogP contribution in [0.4, 0.5) is 0 Å². The van der Waals surface area contributed by atoms with E-state index in [1.54, 1.807) is 0 Å². The Bertz CT molecular complexity index is 313. The fourth-order valence-electron chi connectivity index (χ4n) is 2.90. The van der Waals surface area contributed by atoms with Crippen molar-refractivity contribution >= 4 is 5.91 Å². The first kappa shape index (κ1) is 14.8. The molecule has 0 aromatic heterocycles. The normalized spacial score (nSPS) is 27.5. The van der Waals surface area contributed by atoms with Crippen molar-refractivity contribution < 1.29 is 9.53 Å². The molecule has 2 aliphatic rings. The molecule has 2 fully saturated rings. The van der Waals surface area contributed by atoms with Gasteiger partial charge in [-0.3, -0.25) is 4.79 Å². The number of amides is 1. The quantitative estimate of drug-likeness (QED) is 0.740. The summed E-state index contributed by atoms with van der Waals surface area (Å²) in [5, 5.41) is 3.17. The SMILES string of the molecule is CC(C)(CCN)CCC(=O)NC1CCOC1C1CC1. The molecule has 1 heterocycles. The summed E-state index contributed by atoms with van der Waals surface area (Å²) in [5.41, 5.74) is 5.76. The molecule has 1 aliphatic heterocycles. The van der Waals surface area contributed by atoms with Crippen LogP contribution in [0.3, 0.4) is 0 Å². The number of hydrogen-bond acceptors (Lipinski definition) is 3. The van der Waals surface area contributed by atoms with Gasteiger partial charge in [0.2, 0.25) is 5.91 Å². The van der Waals surface area contributed by atoms with Crippen molar-refractivity contribution in [3.05, 3.63) is 0 Å². The molecule has 110 valence electrons. The van der Waals surface area contributed by atoms with E-state index >= 15 is 0 Å². The zero-order valence-corrected chi connectivity index (χ0v) is 12.3. The Morgan fingerprint density at radius 1 is 1.32 bits per heavy atom. The minimum atomic E-state index is 0.161. The molecule has 4 nitrogen and oxygen atoms in total. The number of carbonyl (C=O) groups is 1. The largest absolute Gasteiger partial charge is 0.376 e. The number of hydrogen-bond donors (Lipinski definition) is 2. The third kappa shape index (κ3) is 4.46. The van der Waals surface area contributed by atoms with Gasteiger partial charge in [0.1, 0.15) is 0 Å². The van der Waals surface area contributed by atoms with E-state index in [1.165, 1.54) is 12.8 Å². The van der Waals surface area contributed by atoms with Crippen molar-refractivity contribution in [2.75, 3.05) is 13.2 Å². The van der Waals surface area contributed by atoms with Gasteiger partial charge in [0, 0.05) is 13.0 Å². The van der Waals surface area contributed by atoms with E-state index in [-0.39, 0.29) is 23.5 Å². The number of carbonyl (C=O) groups excluding carboxylic acids is 1. The molecule has 0 spiro atoms. The highest BCUT2D eigenvalue weighted by atomic mass is 16.5. The molecular formula is C15H28N2O2. The van der Waals surface area contributed by atoms with Crippen LogP contribution in [-0.4, -0.2) is 31.2 Å². The molecule has 4 heteroatoms. The summed E-state index contributed by atoms with van der Waals surface area (Å²) in [7, 11) is 0. The highest BCUT2D eigenvalue weighted by Gasteiger charge is 2.41. The Balaban J connectivity index is 1.71. The summed E-state index contributed by atoms with van der Waals surface area (Å²) in [5.74, 6) is 0.868. The van der Waals surface area contributed by atoms with E-state index in [4.69, 9.17) is 10.5 Å². The smallest absolute Gasteiger partial charge is 0.220 e. The maximum atomic E-state index is 12.0. The molecule has 2 unspecified atom stereocenters. The molecule has 0 aromatic carbocycles. The maximum absolute atomic E-state index is 12.0. The fourth-order valence-corrected chi connectivity index (χ4v) is 2.90. The Kier molecular flexibility index (Phi) is 4.85. The lowest BCUT2D eigenvalue weighted by Gasteiger charge is -2.24. The van der Waals surface area contributed by atoms with Crippen LogP contribution in [0.1, 0.15) is 52.4 Å². The van der Waals surface area contributed by atoms with Gasteiger partial charge in [-0.2, -0.15) is 0 Å². The second-order valence-corrected chi connectivity index (χ2v) is 6.84. The van der Waals surface area contributed by atoms with Crippen LogP contribution in [0.2, 0.25) is 0 Å². The lowest BCUT2D eigenvalue weighted by atomic mass is 9.84. The molecule has 1 saturated heterocycles. The highest BCUT2D eigenvalue weighted by molar-refractivity contribution is 5.76. The van der Waals surface area contributed by atoms with E-state index in [0.29, 0.717) is 18.9 Å². The third-order valence-corrected chi connectivity index (χ3v) is 4.42.